The molecule has 0 aromatic rings. The Morgan fingerprint density at radius 1 is 1.89 bits per heavy atom. The van der Waals surface area contributed by atoms with Crippen molar-refractivity contribution in [3.05, 3.63) is 12.8 Å². The van der Waals surface area contributed by atoms with Crippen LogP contribution in [0.5, 0.6) is 0 Å². The van der Waals surface area contributed by atoms with Crippen LogP contribution in [0.3, 0.4) is 0 Å². The molecule has 0 aromatic heterocycles. The molecule has 1 unspecified atom stereocenters. The summed E-state index contributed by atoms with van der Waals surface area (Å²) in [5.41, 5.74) is -1.04. The highest BCUT2D eigenvalue weighted by Crippen LogP contribution is 1.98. The fourth-order valence-electron chi connectivity index (χ4n) is 0.232. The van der Waals surface area contributed by atoms with Gasteiger partial charge in [-0.25, -0.2) is 4.79 Å². The molecule has 0 aliphatic heterocycles. The van der Waals surface area contributed by atoms with Crippen LogP contribution in [0.25, 0.3) is 0 Å². The molecule has 52 valence electrons. The smallest absolute Gasteiger partial charge is 0.355 e. The second-order valence-electron chi connectivity index (χ2n) is 1.16. The van der Waals surface area contributed by atoms with Gasteiger partial charge in [-0.05, 0) is 0 Å². The number of carbonyl (C=O) groups is 1. The minimum atomic E-state index is -1.04. The number of hydrogen-bond donors (Lipinski definition) is 0. The number of rotatable bonds is 3. The molecule has 1 atom stereocenters. The molecule has 0 saturated carbocycles. The highest BCUT2D eigenvalue weighted by molar-refractivity contribution is 6.28. The lowest BCUT2D eigenvalue weighted by Crippen LogP contribution is -2.16. The minimum Gasteiger partial charge on any atom is -0.432 e. The summed E-state index contributed by atoms with van der Waals surface area (Å²) < 4.78 is 8.67. The van der Waals surface area contributed by atoms with Crippen molar-refractivity contribution in [1.29, 1.82) is 0 Å². The quantitative estimate of drug-likeness (QED) is 0.341. The van der Waals surface area contributed by atoms with Crippen LogP contribution in [0, 0.1) is 0 Å². The van der Waals surface area contributed by atoms with E-state index in [-0.39, 0.29) is 0 Å². The molecule has 0 rings (SSSR count). The lowest BCUT2D eigenvalue weighted by Gasteiger charge is -2.02. The van der Waals surface area contributed by atoms with Gasteiger partial charge >= 0.3 is 5.97 Å². The molecule has 0 aliphatic carbocycles. The summed E-state index contributed by atoms with van der Waals surface area (Å²) >= 11 is 5.25. The van der Waals surface area contributed by atoms with E-state index in [0.29, 0.717) is 0 Å². The molecule has 0 spiro atoms. The van der Waals surface area contributed by atoms with Gasteiger partial charge in [0.05, 0.1) is 6.26 Å². The van der Waals surface area contributed by atoms with Crippen molar-refractivity contribution < 1.29 is 14.3 Å². The van der Waals surface area contributed by atoms with Crippen LogP contribution < -0.4 is 0 Å². The van der Waals surface area contributed by atoms with Crippen molar-refractivity contribution in [2.45, 2.75) is 5.56 Å². The summed E-state index contributed by atoms with van der Waals surface area (Å²) in [5, 5.41) is 0. The second-order valence-corrected chi connectivity index (χ2v) is 1.55. The molecule has 0 aromatic carbocycles. The van der Waals surface area contributed by atoms with Crippen molar-refractivity contribution in [1.82, 2.24) is 0 Å². The number of halogens is 1. The van der Waals surface area contributed by atoms with Crippen LogP contribution in [0.1, 0.15) is 0 Å². The van der Waals surface area contributed by atoms with Crippen LogP contribution in [-0.2, 0) is 14.3 Å². The average molecular weight is 151 g/mol. The molecule has 3 nitrogen and oxygen atoms in total. The Balaban J connectivity index is 3.58. The number of methoxy groups -OCH3 is 1. The molecule has 0 radical (unpaired) electrons. The first kappa shape index (κ1) is 8.46. The van der Waals surface area contributed by atoms with Crippen LogP contribution in [0.15, 0.2) is 12.8 Å². The maximum absolute atomic E-state index is 10.4. The Bertz CT molecular complexity index is 113. The van der Waals surface area contributed by atoms with E-state index in [1.807, 2.05) is 0 Å². The summed E-state index contributed by atoms with van der Waals surface area (Å²) in [6.45, 7) is 3.16. The van der Waals surface area contributed by atoms with Crippen LogP contribution >= 0.6 is 11.6 Å². The summed E-state index contributed by atoms with van der Waals surface area (Å²) in [5.74, 6) is -0.658. The van der Waals surface area contributed by atoms with Gasteiger partial charge in [-0.15, -0.1) is 0 Å². The Labute approximate surface area is 58.2 Å². The SMILES string of the molecule is C=COC(=O)C(Cl)OC. The van der Waals surface area contributed by atoms with Crippen molar-refractivity contribution in [2.75, 3.05) is 7.11 Å². The number of alkyl halides is 1. The van der Waals surface area contributed by atoms with Gasteiger partial charge in [0.2, 0.25) is 5.56 Å². The molecule has 0 saturated heterocycles. The fraction of sp³-hybridized carbons (Fsp3) is 0.400. The highest BCUT2D eigenvalue weighted by atomic mass is 35.5. The molecule has 0 amide bonds. The number of ether oxygens (including phenoxy) is 2. The van der Waals surface area contributed by atoms with E-state index in [4.69, 9.17) is 11.6 Å². The summed E-state index contributed by atoms with van der Waals surface area (Å²) in [4.78, 5) is 10.4. The Kier molecular flexibility index (Phi) is 4.09. The Hall–Kier alpha value is -0.540. The normalized spacial score (nSPS) is 12.2. The zero-order valence-corrected chi connectivity index (χ0v) is 5.72. The zero-order valence-electron chi connectivity index (χ0n) is 4.96. The van der Waals surface area contributed by atoms with Crippen molar-refractivity contribution in [3.63, 3.8) is 0 Å². The molecule has 0 aliphatic rings. The fourth-order valence-corrected chi connectivity index (χ4v) is 0.283. The van der Waals surface area contributed by atoms with E-state index < -0.39 is 11.5 Å². The third-order valence-electron chi connectivity index (χ3n) is 0.592. The molecular formula is C5H7ClO3. The molecule has 0 fully saturated rings. The molecule has 0 bridgehead atoms. The van der Waals surface area contributed by atoms with E-state index in [9.17, 15) is 4.79 Å². The standard InChI is InChI=1S/C5H7ClO3/c1-3-9-5(7)4(6)8-2/h3-4H,1H2,2H3. The van der Waals surface area contributed by atoms with E-state index in [2.05, 4.69) is 16.1 Å². The Morgan fingerprint density at radius 2 is 2.44 bits per heavy atom. The van der Waals surface area contributed by atoms with Gasteiger partial charge in [-0.2, -0.15) is 0 Å². The first-order valence-electron chi connectivity index (χ1n) is 2.20. The largest absolute Gasteiger partial charge is 0.432 e. The third kappa shape index (κ3) is 3.11. The van der Waals surface area contributed by atoms with E-state index in [1.54, 1.807) is 0 Å². The van der Waals surface area contributed by atoms with Gasteiger partial charge in [0.25, 0.3) is 0 Å². The van der Waals surface area contributed by atoms with Gasteiger partial charge in [-0.1, -0.05) is 18.2 Å². The van der Waals surface area contributed by atoms with Crippen LogP contribution in [0.2, 0.25) is 0 Å². The average Bonchev–Trinajstić information content (AvgIpc) is 1.87. The molecule has 9 heavy (non-hydrogen) atoms. The van der Waals surface area contributed by atoms with E-state index in [0.717, 1.165) is 6.26 Å². The molecule has 0 heterocycles. The topological polar surface area (TPSA) is 35.5 Å². The van der Waals surface area contributed by atoms with Gasteiger partial charge in [0, 0.05) is 7.11 Å². The maximum Gasteiger partial charge on any atom is 0.355 e. The van der Waals surface area contributed by atoms with Crippen LogP contribution in [0.4, 0.5) is 0 Å². The van der Waals surface area contributed by atoms with Gasteiger partial charge in [0.1, 0.15) is 0 Å². The number of carbonyl (C=O) groups excluding carboxylic acids is 1. The maximum atomic E-state index is 10.4. The molecular weight excluding hydrogens is 144 g/mol. The summed E-state index contributed by atoms with van der Waals surface area (Å²) in [6, 6.07) is 0. The number of hydrogen-bond acceptors (Lipinski definition) is 3. The van der Waals surface area contributed by atoms with Gasteiger partial charge < -0.3 is 9.47 Å². The summed E-state index contributed by atoms with van der Waals surface area (Å²) in [6.07, 6.45) is 0.997. The highest BCUT2D eigenvalue weighted by Gasteiger charge is 2.13. The van der Waals surface area contributed by atoms with Gasteiger partial charge in [0.15, 0.2) is 0 Å². The number of esters is 1. The minimum absolute atomic E-state index is 0.658. The van der Waals surface area contributed by atoms with Crippen molar-refractivity contribution in [3.8, 4) is 0 Å². The molecule has 0 N–H and O–H groups in total. The lowest BCUT2D eigenvalue weighted by atomic mass is 10.7. The monoisotopic (exact) mass is 150 g/mol. The second kappa shape index (κ2) is 4.35. The first-order chi connectivity index (χ1) is 4.22. The predicted octanol–water partition coefficient (Wildman–Crippen LogP) is 0.884. The summed E-state index contributed by atoms with van der Waals surface area (Å²) in [7, 11) is 1.31. The predicted molar refractivity (Wildman–Crippen MR) is 32.9 cm³/mol. The Morgan fingerprint density at radius 3 is 2.78 bits per heavy atom. The van der Waals surface area contributed by atoms with E-state index in [1.165, 1.54) is 7.11 Å². The van der Waals surface area contributed by atoms with Crippen molar-refractivity contribution in [2.24, 2.45) is 0 Å². The lowest BCUT2D eigenvalue weighted by molar-refractivity contribution is -0.144. The van der Waals surface area contributed by atoms with Crippen LogP contribution in [-0.4, -0.2) is 18.6 Å². The van der Waals surface area contributed by atoms with Gasteiger partial charge in [-0.3, -0.25) is 0 Å². The molecule has 4 heteroatoms. The third-order valence-corrected chi connectivity index (χ3v) is 0.948. The van der Waals surface area contributed by atoms with E-state index >= 15 is 0 Å². The van der Waals surface area contributed by atoms with Crippen molar-refractivity contribution >= 4 is 17.6 Å². The first-order valence-corrected chi connectivity index (χ1v) is 2.64. The zero-order chi connectivity index (χ0) is 7.28.